The Balaban J connectivity index is 2.07. The molecule has 0 bridgehead atoms. The van der Waals surface area contributed by atoms with Gasteiger partial charge in [-0.25, -0.2) is 9.18 Å². The van der Waals surface area contributed by atoms with Crippen LogP contribution in [0.5, 0.6) is 0 Å². The molecule has 0 heterocycles. The Morgan fingerprint density at radius 2 is 1.70 bits per heavy atom. The third-order valence-corrected chi connectivity index (χ3v) is 3.72. The molecule has 0 aliphatic rings. The maximum absolute atomic E-state index is 12.8. The summed E-state index contributed by atoms with van der Waals surface area (Å²) in [6, 6.07) is 11.8. The number of Topliss-reactive ketones (excluding diaryl/α,β-unsaturated/α-hetero) is 1. The highest BCUT2D eigenvalue weighted by atomic mass is 32.2. The largest absolute Gasteiger partial charge is 0.478 e. The van der Waals surface area contributed by atoms with Crippen LogP contribution in [0.2, 0.25) is 0 Å². The lowest BCUT2D eigenvalue weighted by Crippen LogP contribution is -2.04. The number of carboxylic acid groups (broad SMARTS) is 1. The van der Waals surface area contributed by atoms with E-state index >= 15 is 0 Å². The summed E-state index contributed by atoms with van der Waals surface area (Å²) in [4.78, 5) is 23.5. The fourth-order valence-corrected chi connectivity index (χ4v) is 2.57. The molecule has 5 heteroatoms. The summed E-state index contributed by atoms with van der Waals surface area (Å²) >= 11 is 1.16. The van der Waals surface area contributed by atoms with Crippen LogP contribution in [0.1, 0.15) is 20.7 Å². The van der Waals surface area contributed by atoms with Crippen molar-refractivity contribution in [2.75, 3.05) is 5.75 Å². The first-order valence-electron chi connectivity index (χ1n) is 5.82. The average Bonchev–Trinajstić information content (AvgIpc) is 2.45. The number of carbonyl (C=O) groups excluding carboxylic acids is 1. The van der Waals surface area contributed by atoms with Crippen molar-refractivity contribution in [3.63, 3.8) is 0 Å². The van der Waals surface area contributed by atoms with Gasteiger partial charge in [-0.2, -0.15) is 0 Å². The van der Waals surface area contributed by atoms with Crippen LogP contribution in [0.3, 0.4) is 0 Å². The molecule has 0 spiro atoms. The minimum atomic E-state index is -1.03. The number of hydrogen-bond acceptors (Lipinski definition) is 3. The number of ketones is 1. The minimum absolute atomic E-state index is 0.107. The third kappa shape index (κ3) is 3.45. The van der Waals surface area contributed by atoms with Gasteiger partial charge in [-0.3, -0.25) is 4.79 Å². The molecule has 102 valence electrons. The Hall–Kier alpha value is -2.14. The molecule has 3 nitrogen and oxygen atoms in total. The number of carbonyl (C=O) groups is 2. The third-order valence-electron chi connectivity index (χ3n) is 2.64. The highest BCUT2D eigenvalue weighted by molar-refractivity contribution is 8.00. The van der Waals surface area contributed by atoms with E-state index in [-0.39, 0.29) is 17.1 Å². The molecular weight excluding hydrogens is 279 g/mol. The lowest BCUT2D eigenvalue weighted by molar-refractivity contribution is 0.0692. The van der Waals surface area contributed by atoms with E-state index in [9.17, 15) is 14.0 Å². The zero-order chi connectivity index (χ0) is 14.5. The normalized spacial score (nSPS) is 10.2. The van der Waals surface area contributed by atoms with E-state index in [1.165, 1.54) is 30.3 Å². The predicted octanol–water partition coefficient (Wildman–Crippen LogP) is 3.50. The molecular formula is C15H11FO3S. The monoisotopic (exact) mass is 290 g/mol. The van der Waals surface area contributed by atoms with Gasteiger partial charge in [0.15, 0.2) is 5.78 Å². The zero-order valence-corrected chi connectivity index (χ0v) is 11.2. The van der Waals surface area contributed by atoms with E-state index in [2.05, 4.69) is 0 Å². The molecule has 0 fully saturated rings. The molecule has 20 heavy (non-hydrogen) atoms. The Morgan fingerprint density at radius 3 is 2.35 bits per heavy atom. The van der Waals surface area contributed by atoms with Crippen molar-refractivity contribution in [3.05, 3.63) is 65.5 Å². The summed E-state index contributed by atoms with van der Waals surface area (Å²) < 4.78 is 12.8. The lowest BCUT2D eigenvalue weighted by atomic mass is 10.1. The Bertz CT molecular complexity index is 638. The average molecular weight is 290 g/mol. The molecule has 0 aliphatic carbocycles. The number of halogens is 1. The van der Waals surface area contributed by atoms with E-state index in [0.29, 0.717) is 10.5 Å². The van der Waals surface area contributed by atoms with Gasteiger partial charge in [0.2, 0.25) is 0 Å². The zero-order valence-electron chi connectivity index (χ0n) is 10.4. The first-order valence-corrected chi connectivity index (χ1v) is 6.80. The highest BCUT2D eigenvalue weighted by Gasteiger charge is 2.12. The fourth-order valence-electron chi connectivity index (χ4n) is 1.63. The van der Waals surface area contributed by atoms with Crippen LogP contribution in [0.4, 0.5) is 4.39 Å². The van der Waals surface area contributed by atoms with Crippen LogP contribution in [-0.2, 0) is 0 Å². The van der Waals surface area contributed by atoms with Crippen LogP contribution in [0, 0.1) is 5.82 Å². The standard InChI is InChI=1S/C15H11FO3S/c16-11-7-5-10(6-8-11)13(17)9-20-14-4-2-1-3-12(14)15(18)19/h1-8H,9H2,(H,18,19). The van der Waals surface area contributed by atoms with E-state index in [1.807, 2.05) is 0 Å². The molecule has 0 amide bonds. The predicted molar refractivity (Wildman–Crippen MR) is 74.9 cm³/mol. The van der Waals surface area contributed by atoms with Gasteiger partial charge < -0.3 is 5.11 Å². The summed E-state index contributed by atoms with van der Waals surface area (Å²) in [5, 5.41) is 9.04. The van der Waals surface area contributed by atoms with Crippen LogP contribution < -0.4 is 0 Å². The van der Waals surface area contributed by atoms with E-state index < -0.39 is 11.8 Å². The van der Waals surface area contributed by atoms with Crippen molar-refractivity contribution in [3.8, 4) is 0 Å². The molecule has 0 aliphatic heterocycles. The molecule has 0 radical (unpaired) electrons. The van der Waals surface area contributed by atoms with Crippen LogP contribution >= 0.6 is 11.8 Å². The molecule has 0 unspecified atom stereocenters. The van der Waals surface area contributed by atoms with Crippen molar-refractivity contribution >= 4 is 23.5 Å². The molecule has 2 rings (SSSR count). The molecule has 0 aromatic heterocycles. The van der Waals surface area contributed by atoms with Crippen molar-refractivity contribution < 1.29 is 19.1 Å². The van der Waals surface area contributed by atoms with Gasteiger partial charge in [-0.1, -0.05) is 12.1 Å². The van der Waals surface area contributed by atoms with E-state index in [0.717, 1.165) is 11.8 Å². The molecule has 0 saturated carbocycles. The number of benzene rings is 2. The SMILES string of the molecule is O=C(CSc1ccccc1C(=O)O)c1ccc(F)cc1. The van der Waals surface area contributed by atoms with Crippen LogP contribution in [-0.4, -0.2) is 22.6 Å². The number of rotatable bonds is 5. The van der Waals surface area contributed by atoms with E-state index in [4.69, 9.17) is 5.11 Å². The fraction of sp³-hybridized carbons (Fsp3) is 0.0667. The van der Waals surface area contributed by atoms with Gasteiger partial charge >= 0.3 is 5.97 Å². The van der Waals surface area contributed by atoms with Crippen LogP contribution in [0.15, 0.2) is 53.4 Å². The number of aromatic carboxylic acids is 1. The van der Waals surface area contributed by atoms with Crippen molar-refractivity contribution in [2.45, 2.75) is 4.90 Å². The quantitative estimate of drug-likeness (QED) is 0.676. The summed E-state index contributed by atoms with van der Waals surface area (Å²) in [7, 11) is 0. The van der Waals surface area contributed by atoms with Gasteiger partial charge in [-0.15, -0.1) is 11.8 Å². The smallest absolute Gasteiger partial charge is 0.336 e. The second kappa shape index (κ2) is 6.34. The second-order valence-electron chi connectivity index (χ2n) is 4.02. The van der Waals surface area contributed by atoms with E-state index in [1.54, 1.807) is 18.2 Å². The summed E-state index contributed by atoms with van der Waals surface area (Å²) in [5.74, 6) is -1.49. The lowest BCUT2D eigenvalue weighted by Gasteiger charge is -2.05. The highest BCUT2D eigenvalue weighted by Crippen LogP contribution is 2.23. The maximum atomic E-state index is 12.8. The Labute approximate surface area is 119 Å². The number of hydrogen-bond donors (Lipinski definition) is 1. The number of carboxylic acids is 1. The first kappa shape index (κ1) is 14.3. The second-order valence-corrected chi connectivity index (χ2v) is 5.04. The van der Waals surface area contributed by atoms with Gasteiger partial charge in [0.1, 0.15) is 5.82 Å². The van der Waals surface area contributed by atoms with Crippen LogP contribution in [0.25, 0.3) is 0 Å². The van der Waals surface area contributed by atoms with Gasteiger partial charge in [0.05, 0.1) is 11.3 Å². The van der Waals surface area contributed by atoms with Gasteiger partial charge in [0.25, 0.3) is 0 Å². The van der Waals surface area contributed by atoms with Gasteiger partial charge in [-0.05, 0) is 36.4 Å². The summed E-state index contributed by atoms with van der Waals surface area (Å²) in [6.45, 7) is 0. The first-order chi connectivity index (χ1) is 9.58. The number of thioether (sulfide) groups is 1. The topological polar surface area (TPSA) is 54.4 Å². The molecule has 0 atom stereocenters. The Morgan fingerprint density at radius 1 is 1.05 bits per heavy atom. The molecule has 0 saturated heterocycles. The maximum Gasteiger partial charge on any atom is 0.336 e. The summed E-state index contributed by atoms with van der Waals surface area (Å²) in [5.41, 5.74) is 0.580. The van der Waals surface area contributed by atoms with Gasteiger partial charge in [0, 0.05) is 10.5 Å². The minimum Gasteiger partial charge on any atom is -0.478 e. The van der Waals surface area contributed by atoms with Crippen molar-refractivity contribution in [1.82, 2.24) is 0 Å². The van der Waals surface area contributed by atoms with Crippen molar-refractivity contribution in [2.24, 2.45) is 0 Å². The Kier molecular flexibility index (Phi) is 4.53. The summed E-state index contributed by atoms with van der Waals surface area (Å²) in [6.07, 6.45) is 0. The van der Waals surface area contributed by atoms with Crippen molar-refractivity contribution in [1.29, 1.82) is 0 Å². The molecule has 2 aromatic rings. The molecule has 2 aromatic carbocycles. The molecule has 1 N–H and O–H groups in total.